The zero-order valence-electron chi connectivity index (χ0n) is 9.42. The zero-order valence-corrected chi connectivity index (χ0v) is 10.2. The van der Waals surface area contributed by atoms with Crippen molar-refractivity contribution < 1.29 is 35.7 Å². The first-order valence-electron chi connectivity index (χ1n) is 5.30. The van der Waals surface area contributed by atoms with Gasteiger partial charge >= 0.3 is 21.7 Å². The van der Waals surface area contributed by atoms with Crippen LogP contribution < -0.4 is 0 Å². The summed E-state index contributed by atoms with van der Waals surface area (Å²) in [5.74, 6) is -1.17. The molecule has 1 aliphatic carbocycles. The fraction of sp³-hybridized carbons (Fsp3) is 0.667. The highest BCUT2D eigenvalue weighted by Gasteiger charge is 2.51. The van der Waals surface area contributed by atoms with Gasteiger partial charge in [-0.1, -0.05) is 0 Å². The first-order valence-corrected chi connectivity index (χ1v) is 6.71. The summed E-state index contributed by atoms with van der Waals surface area (Å²) in [4.78, 5) is 11.8. The van der Waals surface area contributed by atoms with Gasteiger partial charge in [-0.3, -0.25) is 0 Å². The van der Waals surface area contributed by atoms with Gasteiger partial charge in [-0.25, -0.2) is 4.79 Å². The van der Waals surface area contributed by atoms with Crippen LogP contribution in [0.3, 0.4) is 0 Å². The minimum atomic E-state index is -5.69. The first-order chi connectivity index (χ1) is 8.62. The second-order valence-electron chi connectivity index (χ2n) is 4.38. The van der Waals surface area contributed by atoms with E-state index in [4.69, 9.17) is 5.11 Å². The summed E-state index contributed by atoms with van der Waals surface area (Å²) in [7, 11) is -5.69. The van der Waals surface area contributed by atoms with Gasteiger partial charge in [0.1, 0.15) is 5.76 Å². The van der Waals surface area contributed by atoms with E-state index < -0.39 is 27.6 Å². The maximum Gasteiger partial charge on any atom is 0.534 e. The number of carbonyl (C=O) groups is 1. The topological polar surface area (TPSA) is 83.9 Å². The Labute approximate surface area is 106 Å². The number of allylic oxidation sites excluding steroid dienone is 1. The van der Waals surface area contributed by atoms with E-state index in [2.05, 4.69) is 4.18 Å². The van der Waals surface area contributed by atoms with Crippen LogP contribution in [-0.4, -0.2) is 43.1 Å². The molecule has 1 saturated heterocycles. The highest BCUT2D eigenvalue weighted by Crippen LogP contribution is 2.40. The van der Waals surface area contributed by atoms with Crippen LogP contribution in [0.25, 0.3) is 0 Å². The second-order valence-corrected chi connectivity index (χ2v) is 5.92. The number of amides is 1. The van der Waals surface area contributed by atoms with Crippen molar-refractivity contribution in [3.63, 3.8) is 0 Å². The molecule has 0 aromatic rings. The van der Waals surface area contributed by atoms with Crippen LogP contribution in [0.2, 0.25) is 0 Å². The van der Waals surface area contributed by atoms with Gasteiger partial charge in [-0.15, -0.1) is 0 Å². The number of nitrogens with zero attached hydrogens (tertiary/aromatic N) is 1. The lowest BCUT2D eigenvalue weighted by molar-refractivity contribution is -0.0526. The molecule has 6 nitrogen and oxygen atoms in total. The molecule has 0 bridgehead atoms. The molecule has 0 radical (unpaired) electrons. The van der Waals surface area contributed by atoms with Crippen molar-refractivity contribution in [2.24, 2.45) is 11.8 Å². The molecule has 1 N–H and O–H groups in total. The van der Waals surface area contributed by atoms with Crippen LogP contribution in [0.4, 0.5) is 18.0 Å². The summed E-state index contributed by atoms with van der Waals surface area (Å²) in [6.07, 6.45) is 0.391. The molecule has 2 unspecified atom stereocenters. The molecule has 1 fully saturated rings. The van der Waals surface area contributed by atoms with E-state index in [1.165, 1.54) is 6.08 Å². The van der Waals surface area contributed by atoms with E-state index in [0.29, 0.717) is 6.42 Å². The second kappa shape index (κ2) is 4.29. The number of halogens is 3. The number of fused-ring (bicyclic) bond motifs is 1. The summed E-state index contributed by atoms with van der Waals surface area (Å²) in [6, 6.07) is 0. The molecule has 0 aromatic heterocycles. The molecule has 1 amide bonds. The zero-order chi connectivity index (χ0) is 14.4. The van der Waals surface area contributed by atoms with Crippen molar-refractivity contribution in [2.75, 3.05) is 13.1 Å². The van der Waals surface area contributed by atoms with Gasteiger partial charge in [0.25, 0.3) is 0 Å². The van der Waals surface area contributed by atoms with Crippen LogP contribution in [0, 0.1) is 11.8 Å². The summed E-state index contributed by atoms with van der Waals surface area (Å²) < 4.78 is 62.5. The normalized spacial score (nSPS) is 27.1. The van der Waals surface area contributed by atoms with Crippen molar-refractivity contribution in [3.05, 3.63) is 11.8 Å². The lowest BCUT2D eigenvalue weighted by Crippen LogP contribution is -2.29. The minimum Gasteiger partial charge on any atom is -0.465 e. The van der Waals surface area contributed by atoms with Crippen LogP contribution in [0.15, 0.2) is 11.8 Å². The Kier molecular flexibility index (Phi) is 3.15. The Balaban J connectivity index is 2.11. The highest BCUT2D eigenvalue weighted by molar-refractivity contribution is 7.87. The number of likely N-dealkylation sites (tertiary alicyclic amines) is 1. The maximum absolute atomic E-state index is 12.2. The maximum atomic E-state index is 12.2. The highest BCUT2D eigenvalue weighted by atomic mass is 32.2. The quantitative estimate of drug-likeness (QED) is 0.615. The molecule has 0 saturated carbocycles. The number of rotatable bonds is 2. The lowest BCUT2D eigenvalue weighted by Gasteiger charge is -2.16. The molecule has 0 aromatic carbocycles. The largest absolute Gasteiger partial charge is 0.534 e. The van der Waals surface area contributed by atoms with Gasteiger partial charge in [-0.05, 0) is 18.4 Å². The Morgan fingerprint density at radius 1 is 1.42 bits per heavy atom. The number of hydrogen-bond donors (Lipinski definition) is 1. The average molecular weight is 301 g/mol. The van der Waals surface area contributed by atoms with E-state index in [0.717, 1.165) is 4.90 Å². The van der Waals surface area contributed by atoms with Crippen molar-refractivity contribution in [2.45, 2.75) is 11.9 Å². The van der Waals surface area contributed by atoms with E-state index in [-0.39, 0.29) is 24.8 Å². The standard InChI is InChI=1S/C9H10F3NO5S/c10-9(11,12)19(16,17)18-7-2-1-5-3-13(8(14)15)4-6(5)7/h2,5-6H,1,3-4H2,(H,14,15). The average Bonchev–Trinajstić information content (AvgIpc) is 2.78. The van der Waals surface area contributed by atoms with Crippen molar-refractivity contribution in [3.8, 4) is 0 Å². The molecule has 1 aliphatic heterocycles. The molecule has 108 valence electrons. The third-order valence-corrected chi connectivity index (χ3v) is 4.17. The molecular weight excluding hydrogens is 291 g/mol. The van der Waals surface area contributed by atoms with E-state index in [1.807, 2.05) is 0 Å². The smallest absolute Gasteiger partial charge is 0.465 e. The molecule has 19 heavy (non-hydrogen) atoms. The van der Waals surface area contributed by atoms with Gasteiger partial charge in [-0.2, -0.15) is 21.6 Å². The van der Waals surface area contributed by atoms with Crippen LogP contribution in [0.1, 0.15) is 6.42 Å². The first kappa shape index (κ1) is 14.0. The summed E-state index contributed by atoms with van der Waals surface area (Å²) in [5, 5.41) is 8.78. The fourth-order valence-electron chi connectivity index (χ4n) is 2.28. The number of hydrogen-bond acceptors (Lipinski definition) is 4. The van der Waals surface area contributed by atoms with Gasteiger partial charge in [0.15, 0.2) is 0 Å². The molecule has 0 spiro atoms. The van der Waals surface area contributed by atoms with E-state index >= 15 is 0 Å². The Hall–Kier alpha value is -1.45. The predicted octanol–water partition coefficient (Wildman–Crippen LogP) is 1.37. The van der Waals surface area contributed by atoms with Gasteiger partial charge in [0.05, 0.1) is 0 Å². The van der Waals surface area contributed by atoms with E-state index in [1.54, 1.807) is 0 Å². The molecule has 2 rings (SSSR count). The SMILES string of the molecule is O=C(O)N1CC2CC=C(OS(=O)(=O)C(F)(F)F)C2C1. The van der Waals surface area contributed by atoms with Crippen molar-refractivity contribution in [1.82, 2.24) is 4.90 Å². The lowest BCUT2D eigenvalue weighted by atomic mass is 9.99. The molecule has 2 aliphatic rings. The Morgan fingerprint density at radius 3 is 2.58 bits per heavy atom. The Morgan fingerprint density at radius 2 is 2.05 bits per heavy atom. The van der Waals surface area contributed by atoms with Gasteiger partial charge in [0.2, 0.25) is 0 Å². The molecule has 10 heteroatoms. The van der Waals surface area contributed by atoms with Crippen molar-refractivity contribution >= 4 is 16.2 Å². The van der Waals surface area contributed by atoms with Crippen LogP contribution in [0.5, 0.6) is 0 Å². The monoisotopic (exact) mass is 301 g/mol. The third kappa shape index (κ3) is 2.48. The number of alkyl halides is 3. The molecule has 2 atom stereocenters. The number of carboxylic acid groups (broad SMARTS) is 1. The van der Waals surface area contributed by atoms with Gasteiger partial charge < -0.3 is 14.2 Å². The minimum absolute atomic E-state index is 0.0563. The third-order valence-electron chi connectivity index (χ3n) is 3.19. The fourth-order valence-corrected chi connectivity index (χ4v) is 2.82. The van der Waals surface area contributed by atoms with Gasteiger partial charge in [0, 0.05) is 19.0 Å². The summed E-state index contributed by atoms with van der Waals surface area (Å²) in [6.45, 7) is 0.106. The van der Waals surface area contributed by atoms with Crippen molar-refractivity contribution in [1.29, 1.82) is 0 Å². The molecular formula is C9H10F3NO5S. The summed E-state index contributed by atoms with van der Waals surface area (Å²) in [5.41, 5.74) is -5.49. The molecule has 1 heterocycles. The van der Waals surface area contributed by atoms with E-state index in [9.17, 15) is 26.4 Å². The Bertz CT molecular complexity index is 526. The predicted molar refractivity (Wildman–Crippen MR) is 55.3 cm³/mol. The van der Waals surface area contributed by atoms with Crippen LogP contribution in [-0.2, 0) is 14.3 Å². The van der Waals surface area contributed by atoms with Crippen LogP contribution >= 0.6 is 0 Å². The summed E-state index contributed by atoms with van der Waals surface area (Å²) >= 11 is 0.